The van der Waals surface area contributed by atoms with Crippen molar-refractivity contribution < 1.29 is 0 Å². The van der Waals surface area contributed by atoms with Crippen LogP contribution in [-0.4, -0.2) is 19.7 Å². The number of hydrogen-bond acceptors (Lipinski definition) is 4. The van der Waals surface area contributed by atoms with Crippen LogP contribution in [0.1, 0.15) is 13.8 Å². The maximum atomic E-state index is 2.31. The van der Waals surface area contributed by atoms with Crippen molar-refractivity contribution in [3.8, 4) is 0 Å². The fourth-order valence-electron chi connectivity index (χ4n) is 0.644. The minimum absolute atomic E-state index is 0.915. The maximum absolute atomic E-state index is 2.31. The maximum Gasteiger partial charge on any atom is 0.0725 e. The van der Waals surface area contributed by atoms with Crippen LogP contribution in [0.5, 0.6) is 0 Å². The van der Waals surface area contributed by atoms with Crippen molar-refractivity contribution >= 4 is 45.1 Å². The number of rotatable bonds is 3. The van der Waals surface area contributed by atoms with Crippen molar-refractivity contribution in [1.29, 1.82) is 0 Å². The second-order valence-corrected chi connectivity index (χ2v) is 8.81. The van der Waals surface area contributed by atoms with Gasteiger partial charge in [-0.25, -0.2) is 0 Å². The second-order valence-electron chi connectivity index (χ2n) is 2.61. The van der Waals surface area contributed by atoms with Gasteiger partial charge < -0.3 is 0 Å². The van der Waals surface area contributed by atoms with Gasteiger partial charge in [0.05, 0.1) is 9.16 Å². The molecule has 2 aliphatic rings. The molecule has 0 radical (unpaired) electrons. The van der Waals surface area contributed by atoms with Crippen molar-refractivity contribution in [3.05, 3.63) is 0 Å². The van der Waals surface area contributed by atoms with Gasteiger partial charge in [0.25, 0.3) is 0 Å². The molecule has 0 amide bonds. The minimum atomic E-state index is 0.915. The highest BCUT2D eigenvalue weighted by Crippen LogP contribution is 2.60. The van der Waals surface area contributed by atoms with E-state index < -0.39 is 0 Å². The molecule has 4 atom stereocenters. The van der Waals surface area contributed by atoms with Gasteiger partial charge >= 0.3 is 0 Å². The van der Waals surface area contributed by atoms with E-state index in [0.717, 1.165) is 19.7 Å². The van der Waals surface area contributed by atoms with Gasteiger partial charge in [0, 0.05) is 10.5 Å². The van der Waals surface area contributed by atoms with Crippen LogP contribution in [0.3, 0.4) is 0 Å². The van der Waals surface area contributed by atoms with Crippen LogP contribution in [-0.2, 0) is 0 Å². The molecule has 2 fully saturated rings. The highest BCUT2D eigenvalue weighted by Gasteiger charge is 2.40. The van der Waals surface area contributed by atoms with Gasteiger partial charge in [-0.05, 0) is 0 Å². The minimum Gasteiger partial charge on any atom is -0.140 e. The molecule has 0 aromatic rings. The van der Waals surface area contributed by atoms with Crippen LogP contribution in [0.4, 0.5) is 0 Å². The molecular weight excluding hydrogens is 200 g/mol. The molecule has 0 aromatic heterocycles. The summed E-state index contributed by atoms with van der Waals surface area (Å²) in [5.41, 5.74) is 0. The molecule has 0 saturated carbocycles. The number of thioether (sulfide) groups is 2. The number of hydrogen-bond donors (Lipinski definition) is 0. The molecule has 10 heavy (non-hydrogen) atoms. The van der Waals surface area contributed by atoms with E-state index in [9.17, 15) is 0 Å². The Balaban J connectivity index is 1.57. The van der Waals surface area contributed by atoms with Crippen LogP contribution in [0.2, 0.25) is 0 Å². The van der Waals surface area contributed by atoms with Gasteiger partial charge in [-0.15, -0.1) is 23.5 Å². The lowest BCUT2D eigenvalue weighted by molar-refractivity contribution is 1.20. The molecule has 0 N–H and O–H groups in total. The molecule has 0 bridgehead atoms. The zero-order valence-electron chi connectivity index (χ0n) is 5.94. The summed E-state index contributed by atoms with van der Waals surface area (Å²) in [6, 6.07) is 0. The summed E-state index contributed by atoms with van der Waals surface area (Å²) in [6.45, 7) is 4.62. The largest absolute Gasteiger partial charge is 0.140 e. The molecule has 0 aromatic carbocycles. The fraction of sp³-hybridized carbons (Fsp3) is 1.00. The van der Waals surface area contributed by atoms with Gasteiger partial charge in [-0.1, -0.05) is 35.4 Å². The Hall–Kier alpha value is 1.40. The van der Waals surface area contributed by atoms with Crippen LogP contribution in [0, 0.1) is 0 Å². The van der Waals surface area contributed by atoms with Crippen molar-refractivity contribution in [2.75, 3.05) is 0 Å². The normalized spacial score (nSPS) is 51.0. The van der Waals surface area contributed by atoms with Gasteiger partial charge in [-0.3, -0.25) is 0 Å². The van der Waals surface area contributed by atoms with Crippen LogP contribution >= 0.6 is 45.1 Å². The Morgan fingerprint density at radius 1 is 0.900 bits per heavy atom. The van der Waals surface area contributed by atoms with Crippen LogP contribution < -0.4 is 0 Å². The smallest absolute Gasteiger partial charge is 0.0725 e. The SMILES string of the molecule is CC1SC1SSC1SC1C. The lowest BCUT2D eigenvalue weighted by atomic mass is 10.6. The summed E-state index contributed by atoms with van der Waals surface area (Å²) in [6.07, 6.45) is 0. The first kappa shape index (κ1) is 8.02. The average Bonchev–Trinajstić information content (AvgIpc) is 2.71. The third-order valence-electron chi connectivity index (χ3n) is 1.56. The molecule has 4 unspecified atom stereocenters. The molecule has 0 spiro atoms. The van der Waals surface area contributed by atoms with Gasteiger partial charge in [0.1, 0.15) is 0 Å². The Morgan fingerprint density at radius 2 is 1.20 bits per heavy atom. The van der Waals surface area contributed by atoms with Crippen molar-refractivity contribution in [2.24, 2.45) is 0 Å². The molecule has 2 heterocycles. The first-order chi connectivity index (χ1) is 4.77. The monoisotopic (exact) mass is 210 g/mol. The average molecular weight is 210 g/mol. The summed E-state index contributed by atoms with van der Waals surface area (Å²) < 4.78 is 1.83. The molecule has 58 valence electrons. The van der Waals surface area contributed by atoms with E-state index in [1.807, 2.05) is 0 Å². The molecule has 0 nitrogen and oxygen atoms in total. The van der Waals surface area contributed by atoms with Gasteiger partial charge in [0.15, 0.2) is 0 Å². The molecule has 2 saturated heterocycles. The van der Waals surface area contributed by atoms with E-state index in [0.29, 0.717) is 0 Å². The van der Waals surface area contributed by atoms with Gasteiger partial charge in [0.2, 0.25) is 0 Å². The quantitative estimate of drug-likeness (QED) is 0.517. The van der Waals surface area contributed by atoms with E-state index in [1.54, 1.807) is 0 Å². The Kier molecular flexibility index (Phi) is 2.43. The van der Waals surface area contributed by atoms with E-state index in [-0.39, 0.29) is 0 Å². The lowest BCUT2D eigenvalue weighted by Crippen LogP contribution is -1.81. The predicted octanol–water partition coefficient (Wildman–Crippen LogP) is 3.29. The van der Waals surface area contributed by atoms with Crippen molar-refractivity contribution in [1.82, 2.24) is 0 Å². The third kappa shape index (κ3) is 1.96. The summed E-state index contributed by atoms with van der Waals surface area (Å²) in [7, 11) is 4.17. The zero-order chi connectivity index (χ0) is 7.14. The highest BCUT2D eigenvalue weighted by atomic mass is 33.1. The fourth-order valence-corrected chi connectivity index (χ4v) is 7.30. The second kappa shape index (κ2) is 3.04. The molecule has 0 aliphatic carbocycles. The summed E-state index contributed by atoms with van der Waals surface area (Å²) >= 11 is 4.19. The molecule has 2 aliphatic heterocycles. The first-order valence-electron chi connectivity index (χ1n) is 3.40. The zero-order valence-corrected chi connectivity index (χ0v) is 9.21. The highest BCUT2D eigenvalue weighted by molar-refractivity contribution is 8.81. The topological polar surface area (TPSA) is 0 Å². The van der Waals surface area contributed by atoms with Crippen LogP contribution in [0.15, 0.2) is 0 Å². The molecule has 2 rings (SSSR count). The predicted molar refractivity (Wildman–Crippen MR) is 56.9 cm³/mol. The van der Waals surface area contributed by atoms with Crippen molar-refractivity contribution in [2.45, 2.75) is 33.5 Å². The Morgan fingerprint density at radius 3 is 1.40 bits per heavy atom. The lowest BCUT2D eigenvalue weighted by Gasteiger charge is -1.91. The summed E-state index contributed by atoms with van der Waals surface area (Å²) in [4.78, 5) is 0. The van der Waals surface area contributed by atoms with Crippen LogP contribution in [0.25, 0.3) is 0 Å². The molecular formula is C6H10S4. The first-order valence-corrected chi connectivity index (χ1v) is 7.56. The van der Waals surface area contributed by atoms with Gasteiger partial charge in [-0.2, -0.15) is 0 Å². The Bertz CT molecular complexity index is 122. The Labute approximate surface area is 78.4 Å². The van der Waals surface area contributed by atoms with E-state index >= 15 is 0 Å². The van der Waals surface area contributed by atoms with E-state index in [1.165, 1.54) is 0 Å². The standard InChI is InChI=1S/C6H10S4/c1-3-5(7-3)9-10-6-4(2)8-6/h3-6H,1-2H3. The third-order valence-corrected chi connectivity index (χ3v) is 8.89. The van der Waals surface area contributed by atoms with E-state index in [2.05, 4.69) is 59.0 Å². The summed E-state index contributed by atoms with van der Waals surface area (Å²) in [5, 5.41) is 1.85. The molecule has 4 heteroatoms. The summed E-state index contributed by atoms with van der Waals surface area (Å²) in [5.74, 6) is 0. The van der Waals surface area contributed by atoms with Crippen molar-refractivity contribution in [3.63, 3.8) is 0 Å². The van der Waals surface area contributed by atoms with E-state index in [4.69, 9.17) is 0 Å².